The molecule has 0 aliphatic heterocycles. The number of benzene rings is 1. The van der Waals surface area contributed by atoms with Gasteiger partial charge in [-0.1, -0.05) is 45.0 Å². The van der Waals surface area contributed by atoms with E-state index in [1.54, 1.807) is 13.0 Å². The van der Waals surface area contributed by atoms with Crippen LogP contribution in [0.5, 0.6) is 0 Å². The zero-order valence-corrected chi connectivity index (χ0v) is 17.7. The van der Waals surface area contributed by atoms with E-state index in [1.807, 2.05) is 12.1 Å². The van der Waals surface area contributed by atoms with Gasteiger partial charge in [-0.05, 0) is 54.4 Å². The van der Waals surface area contributed by atoms with Crippen LogP contribution in [-0.4, -0.2) is 18.5 Å². The highest BCUT2D eigenvalue weighted by molar-refractivity contribution is 7.17. The van der Waals surface area contributed by atoms with Crippen molar-refractivity contribution in [2.45, 2.75) is 52.4 Å². The second-order valence-electron chi connectivity index (χ2n) is 7.98. The molecule has 1 heterocycles. The van der Waals surface area contributed by atoms with Gasteiger partial charge in [0.2, 0.25) is 5.91 Å². The Morgan fingerprint density at radius 1 is 1.18 bits per heavy atom. The van der Waals surface area contributed by atoms with Crippen LogP contribution < -0.4 is 5.32 Å². The molecule has 1 amide bonds. The molecule has 1 aromatic carbocycles. The lowest BCUT2D eigenvalue weighted by Gasteiger charge is -2.18. The third-order valence-corrected chi connectivity index (χ3v) is 6.05. The molecule has 0 unspecified atom stereocenters. The molecule has 1 N–H and O–H groups in total. The fourth-order valence-electron chi connectivity index (χ4n) is 3.33. The average Bonchev–Trinajstić information content (AvgIpc) is 3.20. The number of hydrogen-bond donors (Lipinski definition) is 1. The summed E-state index contributed by atoms with van der Waals surface area (Å²) in [7, 11) is 0. The van der Waals surface area contributed by atoms with Crippen molar-refractivity contribution in [2.75, 3.05) is 11.9 Å². The van der Waals surface area contributed by atoms with Crippen molar-refractivity contribution < 1.29 is 14.3 Å². The third kappa shape index (κ3) is 4.53. The normalized spacial score (nSPS) is 13.6. The van der Waals surface area contributed by atoms with Crippen molar-refractivity contribution in [1.29, 1.82) is 0 Å². The van der Waals surface area contributed by atoms with E-state index in [-0.39, 0.29) is 17.3 Å². The van der Waals surface area contributed by atoms with Crippen LogP contribution in [0.3, 0.4) is 0 Å². The Balaban J connectivity index is 1.73. The van der Waals surface area contributed by atoms with Crippen LogP contribution in [0.2, 0.25) is 0 Å². The molecular weight excluding hydrogens is 370 g/mol. The van der Waals surface area contributed by atoms with Crippen LogP contribution in [0, 0.1) is 0 Å². The van der Waals surface area contributed by atoms with Crippen LogP contribution in [-0.2, 0) is 27.8 Å². The van der Waals surface area contributed by atoms with Gasteiger partial charge in [-0.2, -0.15) is 0 Å². The predicted octanol–water partition coefficient (Wildman–Crippen LogP) is 5.36. The standard InChI is InChI=1S/C23H27NO3S/c1-5-27-22(26)20-17-7-6-8-18(17)28-21(20)24-19(25)14-11-15-9-12-16(13-10-15)23(2,3)4/h9-14H,5-8H2,1-4H3,(H,24,25). The fraction of sp³-hybridized carbons (Fsp3) is 0.391. The van der Waals surface area contributed by atoms with Crippen molar-refractivity contribution in [2.24, 2.45) is 0 Å². The van der Waals surface area contributed by atoms with Crippen LogP contribution in [0.4, 0.5) is 5.00 Å². The van der Waals surface area contributed by atoms with E-state index >= 15 is 0 Å². The highest BCUT2D eigenvalue weighted by Crippen LogP contribution is 2.39. The third-order valence-electron chi connectivity index (χ3n) is 4.84. The van der Waals surface area contributed by atoms with E-state index in [4.69, 9.17) is 4.74 Å². The molecule has 0 saturated carbocycles. The van der Waals surface area contributed by atoms with Gasteiger partial charge >= 0.3 is 5.97 Å². The number of ether oxygens (including phenoxy) is 1. The molecule has 0 spiro atoms. The smallest absolute Gasteiger partial charge is 0.341 e. The van der Waals surface area contributed by atoms with Crippen LogP contribution in [0.15, 0.2) is 30.3 Å². The first-order chi connectivity index (χ1) is 13.3. The molecule has 1 aromatic heterocycles. The van der Waals surface area contributed by atoms with Crippen molar-refractivity contribution in [3.05, 3.63) is 57.5 Å². The number of anilines is 1. The van der Waals surface area contributed by atoms with Crippen molar-refractivity contribution in [1.82, 2.24) is 0 Å². The quantitative estimate of drug-likeness (QED) is 0.546. The lowest BCUT2D eigenvalue weighted by atomic mass is 9.87. The van der Waals surface area contributed by atoms with Crippen molar-refractivity contribution in [3.63, 3.8) is 0 Å². The Morgan fingerprint density at radius 2 is 1.89 bits per heavy atom. The van der Waals surface area contributed by atoms with Gasteiger partial charge in [-0.3, -0.25) is 4.79 Å². The van der Waals surface area contributed by atoms with Gasteiger partial charge in [0.15, 0.2) is 0 Å². The molecule has 0 radical (unpaired) electrons. The number of rotatable bonds is 5. The SMILES string of the molecule is CCOC(=O)c1c(NC(=O)C=Cc2ccc(C(C)(C)C)cc2)sc2c1CCC2. The highest BCUT2D eigenvalue weighted by Gasteiger charge is 2.28. The van der Waals surface area contributed by atoms with Gasteiger partial charge in [0, 0.05) is 11.0 Å². The summed E-state index contributed by atoms with van der Waals surface area (Å²) in [6.07, 6.45) is 6.16. The van der Waals surface area contributed by atoms with Crippen molar-refractivity contribution in [3.8, 4) is 0 Å². The molecule has 148 valence electrons. The summed E-state index contributed by atoms with van der Waals surface area (Å²) in [6.45, 7) is 8.62. The number of nitrogens with one attached hydrogen (secondary N) is 1. The van der Waals surface area contributed by atoms with E-state index in [9.17, 15) is 9.59 Å². The minimum atomic E-state index is -0.348. The minimum absolute atomic E-state index is 0.0999. The fourth-order valence-corrected chi connectivity index (χ4v) is 4.61. The zero-order valence-electron chi connectivity index (χ0n) is 16.9. The number of carbonyl (C=O) groups excluding carboxylic acids is 2. The average molecular weight is 398 g/mol. The summed E-state index contributed by atoms with van der Waals surface area (Å²) in [5.41, 5.74) is 3.89. The number of amides is 1. The maximum Gasteiger partial charge on any atom is 0.341 e. The molecular formula is C23H27NO3S. The second kappa shape index (κ2) is 8.31. The Kier molecular flexibility index (Phi) is 6.04. The molecule has 1 aliphatic rings. The predicted molar refractivity (Wildman–Crippen MR) is 115 cm³/mol. The van der Waals surface area contributed by atoms with E-state index in [0.717, 1.165) is 30.4 Å². The number of hydrogen-bond acceptors (Lipinski definition) is 4. The maximum absolute atomic E-state index is 12.4. The molecule has 2 aromatic rings. The number of esters is 1. The maximum atomic E-state index is 12.4. The molecule has 0 fully saturated rings. The van der Waals surface area contributed by atoms with E-state index < -0.39 is 0 Å². The zero-order chi connectivity index (χ0) is 20.3. The Hall–Kier alpha value is -2.40. The molecule has 0 bridgehead atoms. The second-order valence-corrected chi connectivity index (χ2v) is 9.08. The molecule has 4 nitrogen and oxygen atoms in total. The summed E-state index contributed by atoms with van der Waals surface area (Å²) in [5.74, 6) is -0.593. The molecule has 0 atom stereocenters. The molecule has 28 heavy (non-hydrogen) atoms. The van der Waals surface area contributed by atoms with E-state index in [2.05, 4.69) is 38.2 Å². The monoisotopic (exact) mass is 397 g/mol. The van der Waals surface area contributed by atoms with Gasteiger partial charge in [-0.25, -0.2) is 4.79 Å². The summed E-state index contributed by atoms with van der Waals surface area (Å²) in [6, 6.07) is 8.18. The largest absolute Gasteiger partial charge is 0.462 e. The van der Waals surface area contributed by atoms with Crippen LogP contribution in [0.25, 0.3) is 6.08 Å². The number of aryl methyl sites for hydroxylation is 1. The lowest BCUT2D eigenvalue weighted by molar-refractivity contribution is -0.111. The van der Waals surface area contributed by atoms with Crippen LogP contribution >= 0.6 is 11.3 Å². The Bertz CT molecular complexity index is 901. The molecule has 0 saturated heterocycles. The molecule has 3 rings (SSSR count). The molecule has 1 aliphatic carbocycles. The number of thiophene rings is 1. The van der Waals surface area contributed by atoms with Gasteiger partial charge in [0.05, 0.1) is 12.2 Å². The van der Waals surface area contributed by atoms with Crippen molar-refractivity contribution >= 4 is 34.3 Å². The highest BCUT2D eigenvalue weighted by atomic mass is 32.1. The topological polar surface area (TPSA) is 55.4 Å². The van der Waals surface area contributed by atoms with Gasteiger partial charge in [-0.15, -0.1) is 11.3 Å². The van der Waals surface area contributed by atoms with Gasteiger partial charge in [0.25, 0.3) is 0 Å². The first-order valence-electron chi connectivity index (χ1n) is 9.71. The minimum Gasteiger partial charge on any atom is -0.462 e. The summed E-state index contributed by atoms with van der Waals surface area (Å²) >= 11 is 1.49. The van der Waals surface area contributed by atoms with Crippen LogP contribution in [0.1, 0.15) is 66.0 Å². The first-order valence-corrected chi connectivity index (χ1v) is 10.5. The first kappa shape index (κ1) is 20.3. The van der Waals surface area contributed by atoms with E-state index in [0.29, 0.717) is 17.2 Å². The molecule has 5 heteroatoms. The van der Waals surface area contributed by atoms with Gasteiger partial charge < -0.3 is 10.1 Å². The Labute approximate surface area is 170 Å². The van der Waals surface area contributed by atoms with E-state index in [1.165, 1.54) is 27.9 Å². The summed E-state index contributed by atoms with van der Waals surface area (Å²) < 4.78 is 5.20. The number of fused-ring (bicyclic) bond motifs is 1. The number of carbonyl (C=O) groups is 2. The summed E-state index contributed by atoms with van der Waals surface area (Å²) in [4.78, 5) is 26.0. The Morgan fingerprint density at radius 3 is 2.54 bits per heavy atom. The lowest BCUT2D eigenvalue weighted by Crippen LogP contribution is -2.13. The van der Waals surface area contributed by atoms with Gasteiger partial charge in [0.1, 0.15) is 5.00 Å². The summed E-state index contributed by atoms with van der Waals surface area (Å²) in [5, 5.41) is 3.48.